The van der Waals surface area contributed by atoms with E-state index in [1.54, 1.807) is 72.8 Å². The summed E-state index contributed by atoms with van der Waals surface area (Å²) in [4.78, 5) is 24.4. The number of benzene rings is 4. The highest BCUT2D eigenvalue weighted by molar-refractivity contribution is 5.79. The fraction of sp³-hybridized carbons (Fsp3) is 0.200. The number of carbonyl (C=O) groups excluding carboxylic acids is 2. The summed E-state index contributed by atoms with van der Waals surface area (Å²) < 4.78 is 38.6. The first-order valence-electron chi connectivity index (χ1n) is 14.0. The Morgan fingerprint density at radius 3 is 1.53 bits per heavy atom. The third kappa shape index (κ3) is 8.91. The van der Waals surface area contributed by atoms with Crippen LogP contribution in [0.2, 0.25) is 0 Å². The Hall–Kier alpha value is -5.16. The normalized spacial score (nSPS) is 10.5. The lowest BCUT2D eigenvalue weighted by atomic mass is 10.0. The van der Waals surface area contributed by atoms with Crippen LogP contribution in [-0.2, 0) is 9.59 Å². The number of nitrogens with one attached hydrogen (secondary N) is 1. The van der Waals surface area contributed by atoms with E-state index >= 15 is 0 Å². The van der Waals surface area contributed by atoms with Gasteiger partial charge < -0.3 is 14.9 Å². The molecular weight excluding hydrogens is 550 g/mol. The molecule has 4 aromatic rings. The van der Waals surface area contributed by atoms with Crippen LogP contribution in [0.1, 0.15) is 56.1 Å². The number of hydrogen-bond donors (Lipinski definition) is 1. The van der Waals surface area contributed by atoms with Gasteiger partial charge in [0.05, 0.1) is 5.56 Å². The van der Waals surface area contributed by atoms with E-state index in [2.05, 4.69) is 0 Å². The van der Waals surface area contributed by atoms with Gasteiger partial charge in [-0.25, -0.2) is 8.78 Å². The second-order valence-electron chi connectivity index (χ2n) is 9.95. The number of esters is 2. The van der Waals surface area contributed by atoms with Crippen LogP contribution in [0.5, 0.6) is 11.5 Å². The molecule has 1 N–H and O–H groups in total. The van der Waals surface area contributed by atoms with Gasteiger partial charge in [0.15, 0.2) is 0 Å². The minimum atomic E-state index is -0.582. The van der Waals surface area contributed by atoms with Crippen LogP contribution in [0.25, 0.3) is 22.3 Å². The predicted octanol–water partition coefficient (Wildman–Crippen LogP) is 8.41. The first-order valence-corrected chi connectivity index (χ1v) is 14.0. The Morgan fingerprint density at radius 1 is 0.651 bits per heavy atom. The van der Waals surface area contributed by atoms with Crippen molar-refractivity contribution in [1.29, 1.82) is 10.7 Å². The number of nitrogens with zero attached hydrogens (tertiary/aromatic N) is 1. The van der Waals surface area contributed by atoms with Gasteiger partial charge in [0, 0.05) is 24.6 Å². The summed E-state index contributed by atoms with van der Waals surface area (Å²) in [6.07, 6.45) is 5.41. The largest absolute Gasteiger partial charge is 0.427 e. The molecule has 8 heteroatoms. The molecule has 0 aliphatic carbocycles. The average molecular weight is 581 g/mol. The van der Waals surface area contributed by atoms with Crippen molar-refractivity contribution >= 4 is 18.2 Å². The Morgan fingerprint density at radius 2 is 1.09 bits per heavy atom. The van der Waals surface area contributed by atoms with Crippen LogP contribution in [0, 0.1) is 28.4 Å². The smallest absolute Gasteiger partial charge is 0.311 e. The van der Waals surface area contributed by atoms with Crippen molar-refractivity contribution in [3.63, 3.8) is 0 Å². The van der Waals surface area contributed by atoms with E-state index in [0.29, 0.717) is 35.5 Å². The van der Waals surface area contributed by atoms with Gasteiger partial charge in [-0.1, -0.05) is 55.7 Å². The lowest BCUT2D eigenvalue weighted by Gasteiger charge is -2.07. The molecule has 0 atom stereocenters. The molecule has 0 amide bonds. The molecule has 0 spiro atoms. The summed E-state index contributed by atoms with van der Waals surface area (Å²) in [7, 11) is 0. The van der Waals surface area contributed by atoms with Gasteiger partial charge in [0.2, 0.25) is 0 Å². The molecule has 6 nitrogen and oxygen atoms in total. The molecule has 0 unspecified atom stereocenters. The van der Waals surface area contributed by atoms with Crippen molar-refractivity contribution < 1.29 is 27.8 Å². The SMILES string of the molecule is N#Cc1ccc(-c2ccc(OC(=O)CCCCCCCC(=O)Oc3ccc(-c4ccc(C=N)c(F)c4)cc3)cc2)cc1F. The Bertz CT molecular complexity index is 1630. The van der Waals surface area contributed by atoms with Crippen molar-refractivity contribution in [1.82, 2.24) is 0 Å². The monoisotopic (exact) mass is 580 g/mol. The highest BCUT2D eigenvalue weighted by atomic mass is 19.1. The van der Waals surface area contributed by atoms with Crippen molar-refractivity contribution in [3.05, 3.63) is 108 Å². The van der Waals surface area contributed by atoms with Gasteiger partial charge >= 0.3 is 11.9 Å². The van der Waals surface area contributed by atoms with Crippen molar-refractivity contribution in [2.45, 2.75) is 44.9 Å². The van der Waals surface area contributed by atoms with Crippen molar-refractivity contribution in [3.8, 4) is 39.8 Å². The van der Waals surface area contributed by atoms with Gasteiger partial charge in [-0.3, -0.25) is 9.59 Å². The van der Waals surface area contributed by atoms with Crippen LogP contribution in [0.15, 0.2) is 84.9 Å². The van der Waals surface area contributed by atoms with Gasteiger partial charge in [0.25, 0.3) is 0 Å². The number of halogens is 2. The van der Waals surface area contributed by atoms with E-state index in [0.717, 1.165) is 36.6 Å². The van der Waals surface area contributed by atoms with Crippen LogP contribution in [0.4, 0.5) is 8.78 Å². The zero-order chi connectivity index (χ0) is 30.6. The summed E-state index contributed by atoms with van der Waals surface area (Å²) >= 11 is 0. The number of hydrogen-bond acceptors (Lipinski definition) is 6. The van der Waals surface area contributed by atoms with Crippen LogP contribution in [0.3, 0.4) is 0 Å². The van der Waals surface area contributed by atoms with Gasteiger partial charge in [-0.15, -0.1) is 0 Å². The number of unbranched alkanes of at least 4 members (excludes halogenated alkanes) is 4. The molecule has 0 bridgehead atoms. The van der Waals surface area contributed by atoms with Crippen LogP contribution < -0.4 is 9.47 Å². The number of rotatable bonds is 13. The fourth-order valence-electron chi connectivity index (χ4n) is 4.47. The lowest BCUT2D eigenvalue weighted by Crippen LogP contribution is -2.08. The zero-order valence-electron chi connectivity index (χ0n) is 23.4. The molecule has 4 rings (SSSR count). The zero-order valence-corrected chi connectivity index (χ0v) is 23.4. The molecule has 218 valence electrons. The van der Waals surface area contributed by atoms with E-state index in [4.69, 9.17) is 20.1 Å². The Labute approximate surface area is 249 Å². The fourth-order valence-corrected chi connectivity index (χ4v) is 4.47. The third-order valence-corrected chi connectivity index (χ3v) is 6.85. The molecule has 0 radical (unpaired) electrons. The van der Waals surface area contributed by atoms with Crippen LogP contribution in [-0.4, -0.2) is 18.2 Å². The summed E-state index contributed by atoms with van der Waals surface area (Å²) in [5.74, 6) is -0.884. The lowest BCUT2D eigenvalue weighted by molar-refractivity contribution is -0.135. The van der Waals surface area contributed by atoms with Crippen LogP contribution >= 0.6 is 0 Å². The van der Waals surface area contributed by atoms with E-state index in [1.165, 1.54) is 18.2 Å². The predicted molar refractivity (Wildman–Crippen MR) is 160 cm³/mol. The molecule has 0 heterocycles. The highest BCUT2D eigenvalue weighted by Gasteiger charge is 2.09. The second kappa shape index (κ2) is 15.2. The van der Waals surface area contributed by atoms with Crippen molar-refractivity contribution in [2.75, 3.05) is 0 Å². The molecule has 0 saturated heterocycles. The molecular formula is C35H30F2N2O4. The third-order valence-electron chi connectivity index (χ3n) is 6.85. The van der Waals surface area contributed by atoms with E-state index in [9.17, 15) is 18.4 Å². The highest BCUT2D eigenvalue weighted by Crippen LogP contribution is 2.26. The quantitative estimate of drug-likeness (QED) is 0.0741. The minimum absolute atomic E-state index is 0.0141. The maximum atomic E-state index is 13.9. The summed E-state index contributed by atoms with van der Waals surface area (Å²) in [6, 6.07) is 24.4. The molecule has 0 fully saturated rings. The summed E-state index contributed by atoms with van der Waals surface area (Å²) in [6.45, 7) is 0. The second-order valence-corrected chi connectivity index (χ2v) is 9.95. The van der Waals surface area contributed by atoms with E-state index < -0.39 is 11.6 Å². The standard InChI is InChI=1S/C35H30F2N2O4/c36-32-20-26(8-10-28(32)22-38)24-12-16-30(17-13-24)42-34(40)6-4-2-1-3-5-7-35(41)43-31-18-14-25(15-19-31)27-9-11-29(23-39)33(37)21-27/h8-22,38H,1-7H2. The maximum absolute atomic E-state index is 13.9. The molecule has 0 aliphatic heterocycles. The van der Waals surface area contributed by atoms with Gasteiger partial charge in [-0.2, -0.15) is 5.26 Å². The van der Waals surface area contributed by atoms with Crippen molar-refractivity contribution in [2.24, 2.45) is 0 Å². The number of ether oxygens (including phenoxy) is 2. The minimum Gasteiger partial charge on any atom is -0.427 e. The first-order chi connectivity index (χ1) is 20.9. The summed E-state index contributed by atoms with van der Waals surface area (Å²) in [5, 5.41) is 16.0. The molecule has 0 saturated carbocycles. The molecule has 0 aliphatic rings. The van der Waals surface area contributed by atoms with E-state index in [1.807, 2.05) is 0 Å². The molecule has 0 aromatic heterocycles. The average Bonchev–Trinajstić information content (AvgIpc) is 3.01. The number of nitriles is 1. The Kier molecular flexibility index (Phi) is 10.9. The Balaban J connectivity index is 1.09. The maximum Gasteiger partial charge on any atom is 0.311 e. The molecule has 43 heavy (non-hydrogen) atoms. The molecule has 4 aromatic carbocycles. The van der Waals surface area contributed by atoms with E-state index in [-0.39, 0.29) is 35.9 Å². The van der Waals surface area contributed by atoms with Gasteiger partial charge in [-0.05, 0) is 83.6 Å². The summed E-state index contributed by atoms with van der Waals surface area (Å²) in [5.41, 5.74) is 3.01. The topological polar surface area (TPSA) is 100 Å². The first kappa shape index (κ1) is 30.8. The van der Waals surface area contributed by atoms with Gasteiger partial charge in [0.1, 0.15) is 29.2 Å². The number of carbonyl (C=O) groups is 2.